The minimum atomic E-state index is -3.49. The van der Waals surface area contributed by atoms with Gasteiger partial charge in [0.05, 0.1) is 18.1 Å². The number of aromatic nitrogens is 1. The molecule has 3 rings (SSSR count). The van der Waals surface area contributed by atoms with Gasteiger partial charge in [0.1, 0.15) is 5.82 Å². The summed E-state index contributed by atoms with van der Waals surface area (Å²) in [5, 5.41) is 6.38. The molecule has 0 atom stereocenters. The molecule has 0 aliphatic carbocycles. The van der Waals surface area contributed by atoms with Crippen molar-refractivity contribution in [3.8, 4) is 0 Å². The fourth-order valence-corrected chi connectivity index (χ4v) is 4.10. The van der Waals surface area contributed by atoms with E-state index in [1.807, 2.05) is 19.1 Å². The van der Waals surface area contributed by atoms with Crippen LogP contribution in [0.5, 0.6) is 0 Å². The van der Waals surface area contributed by atoms with Crippen LogP contribution in [0, 0.1) is 6.92 Å². The Hall–Kier alpha value is -2.07. The van der Waals surface area contributed by atoms with Crippen molar-refractivity contribution < 1.29 is 13.2 Å². The van der Waals surface area contributed by atoms with Crippen LogP contribution in [0.15, 0.2) is 47.5 Å². The third kappa shape index (κ3) is 4.55. The minimum absolute atomic E-state index is 0.254. The second-order valence-corrected chi connectivity index (χ2v) is 8.19. The number of benzene rings is 1. The zero-order chi connectivity index (χ0) is 18.6. The van der Waals surface area contributed by atoms with Gasteiger partial charge in [-0.1, -0.05) is 6.07 Å². The molecule has 0 amide bonds. The Morgan fingerprint density at radius 2 is 1.81 bits per heavy atom. The maximum Gasteiger partial charge on any atom is 0.243 e. The van der Waals surface area contributed by atoms with Gasteiger partial charge in [-0.15, -0.1) is 0 Å². The Labute approximate surface area is 158 Å². The van der Waals surface area contributed by atoms with Crippen molar-refractivity contribution in [2.75, 3.05) is 36.9 Å². The molecule has 0 unspecified atom stereocenters. The van der Waals surface area contributed by atoms with Crippen molar-refractivity contribution in [2.45, 2.75) is 11.8 Å². The van der Waals surface area contributed by atoms with Gasteiger partial charge in [0, 0.05) is 25.0 Å². The highest BCUT2D eigenvalue weighted by molar-refractivity contribution is 7.89. The van der Waals surface area contributed by atoms with E-state index in [-0.39, 0.29) is 4.90 Å². The first-order chi connectivity index (χ1) is 12.4. The SMILES string of the molecule is Cc1ccc(NC(=S)Nc2ccc(S(=O)(=O)N3CCOCC3)cc2)nc1. The summed E-state index contributed by atoms with van der Waals surface area (Å²) in [5.74, 6) is 0.639. The molecule has 1 aromatic heterocycles. The number of aryl methyl sites for hydroxylation is 1. The van der Waals surface area contributed by atoms with Gasteiger partial charge in [-0.05, 0) is 55.0 Å². The van der Waals surface area contributed by atoms with Crippen LogP contribution in [0.3, 0.4) is 0 Å². The lowest BCUT2D eigenvalue weighted by molar-refractivity contribution is 0.0730. The summed E-state index contributed by atoms with van der Waals surface area (Å²) in [6.07, 6.45) is 1.75. The molecule has 0 saturated carbocycles. The molecular weight excluding hydrogens is 372 g/mol. The molecule has 7 nitrogen and oxygen atoms in total. The van der Waals surface area contributed by atoms with Gasteiger partial charge in [-0.3, -0.25) is 0 Å². The number of nitrogens with one attached hydrogen (secondary N) is 2. The van der Waals surface area contributed by atoms with E-state index >= 15 is 0 Å². The van der Waals surface area contributed by atoms with Crippen LogP contribution < -0.4 is 10.6 Å². The summed E-state index contributed by atoms with van der Waals surface area (Å²) in [6.45, 7) is 3.55. The first-order valence-electron chi connectivity index (χ1n) is 8.14. The Morgan fingerprint density at radius 1 is 1.12 bits per heavy atom. The van der Waals surface area contributed by atoms with Crippen LogP contribution in [-0.4, -0.2) is 49.1 Å². The van der Waals surface area contributed by atoms with Crippen LogP contribution in [0.2, 0.25) is 0 Å². The standard InChI is InChI=1S/C17H20N4O3S2/c1-13-2-7-16(18-12-13)20-17(25)19-14-3-5-15(6-4-14)26(22,23)21-8-10-24-11-9-21/h2-7,12H,8-11H2,1H3,(H2,18,19,20,25). The number of nitrogens with zero attached hydrogens (tertiary/aromatic N) is 2. The predicted octanol–water partition coefficient (Wildman–Crippen LogP) is 2.22. The number of thiocarbonyl (C=S) groups is 1. The first kappa shape index (κ1) is 18.7. The van der Waals surface area contributed by atoms with Gasteiger partial charge in [-0.2, -0.15) is 4.31 Å². The summed E-state index contributed by atoms with van der Waals surface area (Å²) in [7, 11) is -3.49. The van der Waals surface area contributed by atoms with Crippen molar-refractivity contribution in [1.82, 2.24) is 9.29 Å². The van der Waals surface area contributed by atoms with Crippen molar-refractivity contribution >= 4 is 38.9 Å². The van der Waals surface area contributed by atoms with E-state index in [2.05, 4.69) is 15.6 Å². The molecular formula is C17H20N4O3S2. The van der Waals surface area contributed by atoms with Crippen LogP contribution >= 0.6 is 12.2 Å². The molecule has 2 N–H and O–H groups in total. The molecule has 138 valence electrons. The van der Waals surface area contributed by atoms with E-state index in [1.54, 1.807) is 30.5 Å². The van der Waals surface area contributed by atoms with Gasteiger partial charge in [0.2, 0.25) is 10.0 Å². The molecule has 1 aliphatic heterocycles. The number of anilines is 2. The number of ether oxygens (including phenoxy) is 1. The number of hydrogen-bond acceptors (Lipinski definition) is 5. The number of pyridine rings is 1. The topological polar surface area (TPSA) is 83.6 Å². The van der Waals surface area contributed by atoms with E-state index in [0.29, 0.717) is 42.9 Å². The first-order valence-corrected chi connectivity index (χ1v) is 9.98. The Bertz CT molecular complexity index is 862. The summed E-state index contributed by atoms with van der Waals surface area (Å²) in [4.78, 5) is 4.48. The van der Waals surface area contributed by atoms with E-state index in [1.165, 1.54) is 4.31 Å². The van der Waals surface area contributed by atoms with Gasteiger partial charge < -0.3 is 15.4 Å². The van der Waals surface area contributed by atoms with Gasteiger partial charge in [-0.25, -0.2) is 13.4 Å². The van der Waals surface area contributed by atoms with Gasteiger partial charge >= 0.3 is 0 Å². The maximum absolute atomic E-state index is 12.6. The third-order valence-corrected chi connectivity index (χ3v) is 5.99. The third-order valence-electron chi connectivity index (χ3n) is 3.87. The zero-order valence-corrected chi connectivity index (χ0v) is 15.9. The molecule has 1 saturated heterocycles. The number of rotatable bonds is 4. The smallest absolute Gasteiger partial charge is 0.243 e. The summed E-state index contributed by atoms with van der Waals surface area (Å²) < 4.78 is 31.8. The van der Waals surface area contributed by atoms with E-state index in [4.69, 9.17) is 17.0 Å². The molecule has 1 aliphatic rings. The van der Waals surface area contributed by atoms with Crippen molar-refractivity contribution in [1.29, 1.82) is 0 Å². The fraction of sp³-hybridized carbons (Fsp3) is 0.294. The quantitative estimate of drug-likeness (QED) is 0.772. The normalized spacial score (nSPS) is 15.4. The molecule has 0 bridgehead atoms. The van der Waals surface area contributed by atoms with Crippen LogP contribution in [0.1, 0.15) is 5.56 Å². The highest BCUT2D eigenvalue weighted by Gasteiger charge is 2.26. The maximum atomic E-state index is 12.6. The van der Waals surface area contributed by atoms with E-state index < -0.39 is 10.0 Å². The highest BCUT2D eigenvalue weighted by Crippen LogP contribution is 2.19. The minimum Gasteiger partial charge on any atom is -0.379 e. The molecule has 2 heterocycles. The second-order valence-electron chi connectivity index (χ2n) is 5.84. The van der Waals surface area contributed by atoms with Gasteiger partial charge in [0.15, 0.2) is 5.11 Å². The van der Waals surface area contributed by atoms with Crippen molar-refractivity contribution in [2.24, 2.45) is 0 Å². The van der Waals surface area contributed by atoms with E-state index in [9.17, 15) is 8.42 Å². The predicted molar refractivity (Wildman–Crippen MR) is 105 cm³/mol. The number of hydrogen-bond donors (Lipinski definition) is 2. The average Bonchev–Trinajstić information content (AvgIpc) is 2.65. The lowest BCUT2D eigenvalue weighted by atomic mass is 10.3. The van der Waals surface area contributed by atoms with Crippen molar-refractivity contribution in [3.63, 3.8) is 0 Å². The largest absolute Gasteiger partial charge is 0.379 e. The lowest BCUT2D eigenvalue weighted by Crippen LogP contribution is -2.40. The Balaban J connectivity index is 1.63. The van der Waals surface area contributed by atoms with E-state index in [0.717, 1.165) is 5.56 Å². The fourth-order valence-electron chi connectivity index (χ4n) is 2.47. The molecule has 1 fully saturated rings. The lowest BCUT2D eigenvalue weighted by Gasteiger charge is -2.26. The van der Waals surface area contributed by atoms with Crippen molar-refractivity contribution in [3.05, 3.63) is 48.2 Å². The van der Waals surface area contributed by atoms with Crippen LogP contribution in [-0.2, 0) is 14.8 Å². The molecule has 1 aromatic carbocycles. The molecule has 0 spiro atoms. The van der Waals surface area contributed by atoms with Gasteiger partial charge in [0.25, 0.3) is 0 Å². The number of sulfonamides is 1. The van der Waals surface area contributed by atoms with Crippen LogP contribution in [0.4, 0.5) is 11.5 Å². The monoisotopic (exact) mass is 392 g/mol. The molecule has 9 heteroatoms. The average molecular weight is 393 g/mol. The Kier molecular flexibility index (Phi) is 5.82. The van der Waals surface area contributed by atoms with Crippen LogP contribution in [0.25, 0.3) is 0 Å². The zero-order valence-electron chi connectivity index (χ0n) is 14.3. The number of morpholine rings is 1. The summed E-state index contributed by atoms with van der Waals surface area (Å²) in [6, 6.07) is 10.3. The molecule has 2 aromatic rings. The Morgan fingerprint density at radius 3 is 2.42 bits per heavy atom. The highest BCUT2D eigenvalue weighted by atomic mass is 32.2. The summed E-state index contributed by atoms with van der Waals surface area (Å²) >= 11 is 5.26. The summed E-state index contributed by atoms with van der Waals surface area (Å²) in [5.41, 5.74) is 1.75. The molecule has 26 heavy (non-hydrogen) atoms. The second kappa shape index (κ2) is 8.09. The molecule has 0 radical (unpaired) electrons.